The molecular formula is C17H17N5O3S. The van der Waals surface area contributed by atoms with Gasteiger partial charge in [0.05, 0.1) is 10.9 Å². The molecule has 0 saturated carbocycles. The van der Waals surface area contributed by atoms with E-state index in [4.69, 9.17) is 0 Å². The van der Waals surface area contributed by atoms with Crippen LogP contribution in [0, 0.1) is 13.8 Å². The fourth-order valence-electron chi connectivity index (χ4n) is 2.55. The third-order valence-corrected chi connectivity index (χ3v) is 4.81. The van der Waals surface area contributed by atoms with Crippen molar-refractivity contribution in [2.45, 2.75) is 27.7 Å². The van der Waals surface area contributed by atoms with E-state index in [-0.39, 0.29) is 5.69 Å². The van der Waals surface area contributed by atoms with Crippen LogP contribution in [0.5, 0.6) is 0 Å². The van der Waals surface area contributed by atoms with Crippen LogP contribution in [0.2, 0.25) is 0 Å². The first-order valence-corrected chi connectivity index (χ1v) is 8.63. The first-order valence-electron chi connectivity index (χ1n) is 7.82. The zero-order chi connectivity index (χ0) is 19.0. The molecule has 0 unspecified atom stereocenters. The molecule has 0 atom stereocenters. The molecule has 0 radical (unpaired) electrons. The fraction of sp³-hybridized carbons (Fsp3) is 0.235. The minimum Gasteiger partial charge on any atom is -0.295 e. The Morgan fingerprint density at radius 3 is 2.31 bits per heavy atom. The maximum atomic E-state index is 12.3. The standard InChI is InChI=1S/C17H17N5O3S/c1-9-5-6-10(2)21(9)17-19-14-8-18-13(7-15(14)26-17)16(25)20-22(11(3)23)12(4)24/h5-8H,1-4H3,(H,20,25). The highest BCUT2D eigenvalue weighted by molar-refractivity contribution is 7.20. The highest BCUT2D eigenvalue weighted by atomic mass is 32.1. The molecule has 3 amide bonds. The number of hydrogen-bond acceptors (Lipinski definition) is 6. The molecule has 1 N–H and O–H groups in total. The first kappa shape index (κ1) is 17.7. The SMILES string of the molecule is CC(=O)N(NC(=O)c1cc2sc(-n3c(C)ccc3C)nc2cn1)C(C)=O. The number of nitrogens with zero attached hydrogens (tertiary/aromatic N) is 4. The molecule has 0 aliphatic carbocycles. The van der Waals surface area contributed by atoms with Gasteiger partial charge in [-0.1, -0.05) is 11.3 Å². The number of hydrazine groups is 1. The molecule has 3 rings (SSSR count). The molecule has 134 valence electrons. The summed E-state index contributed by atoms with van der Waals surface area (Å²) >= 11 is 1.43. The summed E-state index contributed by atoms with van der Waals surface area (Å²) in [5.41, 5.74) is 5.15. The second-order valence-corrected chi connectivity index (χ2v) is 6.81. The van der Waals surface area contributed by atoms with Crippen molar-refractivity contribution < 1.29 is 14.4 Å². The molecule has 0 bridgehead atoms. The maximum Gasteiger partial charge on any atom is 0.288 e. The molecular weight excluding hydrogens is 354 g/mol. The molecule has 0 saturated heterocycles. The molecule has 26 heavy (non-hydrogen) atoms. The number of carbonyl (C=O) groups excluding carboxylic acids is 3. The van der Waals surface area contributed by atoms with Gasteiger partial charge in [-0.05, 0) is 32.0 Å². The summed E-state index contributed by atoms with van der Waals surface area (Å²) in [6.07, 6.45) is 1.50. The Morgan fingerprint density at radius 2 is 1.73 bits per heavy atom. The van der Waals surface area contributed by atoms with Crippen LogP contribution in [0.4, 0.5) is 0 Å². The summed E-state index contributed by atoms with van der Waals surface area (Å²) in [6.45, 7) is 6.37. The van der Waals surface area contributed by atoms with E-state index in [2.05, 4.69) is 15.4 Å². The van der Waals surface area contributed by atoms with Crippen molar-refractivity contribution in [3.63, 3.8) is 0 Å². The number of hydrogen-bond donors (Lipinski definition) is 1. The van der Waals surface area contributed by atoms with Crippen LogP contribution in [0.15, 0.2) is 24.4 Å². The van der Waals surface area contributed by atoms with Crippen molar-refractivity contribution in [2.24, 2.45) is 0 Å². The van der Waals surface area contributed by atoms with Crippen LogP contribution in [0.25, 0.3) is 15.3 Å². The first-order chi connectivity index (χ1) is 12.3. The number of pyridine rings is 1. The third-order valence-electron chi connectivity index (χ3n) is 3.80. The van der Waals surface area contributed by atoms with Crippen molar-refractivity contribution in [1.29, 1.82) is 0 Å². The van der Waals surface area contributed by atoms with Gasteiger partial charge in [-0.2, -0.15) is 5.01 Å². The van der Waals surface area contributed by atoms with Crippen LogP contribution in [0.3, 0.4) is 0 Å². The van der Waals surface area contributed by atoms with Gasteiger partial charge in [0.2, 0.25) is 11.8 Å². The Kier molecular flexibility index (Phi) is 4.56. The Bertz CT molecular complexity index is 1000. The van der Waals surface area contributed by atoms with Crippen LogP contribution in [-0.2, 0) is 9.59 Å². The predicted molar refractivity (Wildman–Crippen MR) is 96.9 cm³/mol. The van der Waals surface area contributed by atoms with Crippen LogP contribution in [0.1, 0.15) is 35.7 Å². The summed E-state index contributed by atoms with van der Waals surface area (Å²) in [6, 6.07) is 5.62. The lowest BCUT2D eigenvalue weighted by molar-refractivity contribution is -0.144. The zero-order valence-electron chi connectivity index (χ0n) is 14.7. The number of amides is 3. The lowest BCUT2D eigenvalue weighted by atomic mass is 10.3. The number of thiazole rings is 1. The highest BCUT2D eigenvalue weighted by Gasteiger charge is 2.19. The Balaban J connectivity index is 1.93. The zero-order valence-corrected chi connectivity index (χ0v) is 15.5. The molecule has 0 aliphatic heterocycles. The lowest BCUT2D eigenvalue weighted by Crippen LogP contribution is -2.48. The molecule has 0 aliphatic rings. The molecule has 3 aromatic heterocycles. The topological polar surface area (TPSA) is 97.2 Å². The smallest absolute Gasteiger partial charge is 0.288 e. The Labute approximate surface area is 153 Å². The summed E-state index contributed by atoms with van der Waals surface area (Å²) in [5, 5.41) is 1.44. The van der Waals surface area contributed by atoms with E-state index in [9.17, 15) is 14.4 Å². The lowest BCUT2D eigenvalue weighted by Gasteiger charge is -2.17. The van der Waals surface area contributed by atoms with Crippen LogP contribution >= 0.6 is 11.3 Å². The van der Waals surface area contributed by atoms with Crippen molar-refractivity contribution >= 4 is 39.3 Å². The quantitative estimate of drug-likeness (QED) is 0.696. The molecule has 0 aromatic carbocycles. The summed E-state index contributed by atoms with van der Waals surface area (Å²) in [4.78, 5) is 43.8. The van der Waals surface area contributed by atoms with Crippen LogP contribution in [-0.4, -0.2) is 37.3 Å². The van der Waals surface area contributed by atoms with E-state index in [1.165, 1.54) is 31.4 Å². The average Bonchev–Trinajstić information content (AvgIpc) is 3.13. The number of nitrogens with one attached hydrogen (secondary N) is 1. The van der Waals surface area contributed by atoms with Crippen molar-refractivity contribution in [3.05, 3.63) is 41.5 Å². The van der Waals surface area contributed by atoms with Gasteiger partial charge < -0.3 is 0 Å². The van der Waals surface area contributed by atoms with Gasteiger partial charge in [-0.15, -0.1) is 0 Å². The maximum absolute atomic E-state index is 12.3. The summed E-state index contributed by atoms with van der Waals surface area (Å²) in [5.74, 6) is -1.79. The molecule has 8 nitrogen and oxygen atoms in total. The van der Waals surface area contributed by atoms with Gasteiger partial charge >= 0.3 is 0 Å². The van der Waals surface area contributed by atoms with Crippen molar-refractivity contribution in [1.82, 2.24) is 25.0 Å². The van der Waals surface area contributed by atoms with Gasteiger partial charge in [0.15, 0.2) is 5.13 Å². The number of fused-ring (bicyclic) bond motifs is 1. The van der Waals surface area contributed by atoms with Gasteiger partial charge in [0.25, 0.3) is 5.91 Å². The summed E-state index contributed by atoms with van der Waals surface area (Å²) < 4.78 is 2.81. The van der Waals surface area contributed by atoms with E-state index in [1.54, 1.807) is 6.07 Å². The number of imide groups is 1. The van der Waals surface area contributed by atoms with Gasteiger partial charge in [0, 0.05) is 25.2 Å². The second kappa shape index (κ2) is 6.68. The van der Waals surface area contributed by atoms with E-state index < -0.39 is 17.7 Å². The number of aromatic nitrogens is 3. The number of rotatable bonds is 2. The molecule has 0 fully saturated rings. The number of carbonyl (C=O) groups is 3. The fourth-order valence-corrected chi connectivity index (χ4v) is 3.64. The normalized spacial score (nSPS) is 10.8. The third kappa shape index (κ3) is 3.21. The van der Waals surface area contributed by atoms with E-state index in [1.807, 2.05) is 30.5 Å². The average molecular weight is 371 g/mol. The minimum atomic E-state index is -0.638. The van der Waals surface area contributed by atoms with Crippen molar-refractivity contribution in [2.75, 3.05) is 0 Å². The number of aryl methyl sites for hydroxylation is 2. The van der Waals surface area contributed by atoms with Crippen molar-refractivity contribution in [3.8, 4) is 5.13 Å². The Morgan fingerprint density at radius 1 is 1.12 bits per heavy atom. The highest BCUT2D eigenvalue weighted by Crippen LogP contribution is 2.27. The minimum absolute atomic E-state index is 0.0983. The van der Waals surface area contributed by atoms with E-state index >= 15 is 0 Å². The Hall–Kier alpha value is -3.07. The molecule has 3 heterocycles. The van der Waals surface area contributed by atoms with E-state index in [0.29, 0.717) is 10.5 Å². The summed E-state index contributed by atoms with van der Waals surface area (Å²) in [7, 11) is 0. The molecule has 0 spiro atoms. The van der Waals surface area contributed by atoms with Gasteiger partial charge in [-0.25, -0.2) is 9.97 Å². The van der Waals surface area contributed by atoms with Gasteiger partial charge in [-0.3, -0.25) is 24.4 Å². The van der Waals surface area contributed by atoms with Gasteiger partial charge in [0.1, 0.15) is 11.2 Å². The predicted octanol–water partition coefficient (Wildman–Crippen LogP) is 2.14. The van der Waals surface area contributed by atoms with E-state index in [0.717, 1.165) is 21.2 Å². The molecule has 3 aromatic rings. The van der Waals surface area contributed by atoms with Crippen LogP contribution < -0.4 is 5.43 Å². The largest absolute Gasteiger partial charge is 0.295 e. The molecule has 9 heteroatoms. The second-order valence-electron chi connectivity index (χ2n) is 5.80. The monoisotopic (exact) mass is 371 g/mol.